The molecule has 3 heterocycles. The molecule has 0 radical (unpaired) electrons. The first-order valence-corrected chi connectivity index (χ1v) is 12.2. The highest BCUT2D eigenvalue weighted by Crippen LogP contribution is 2.31. The molecular weight excluding hydrogens is 481 g/mol. The Morgan fingerprint density at radius 3 is 2.61 bits per heavy atom. The molecule has 0 aliphatic carbocycles. The molecule has 5 rings (SSSR count). The van der Waals surface area contributed by atoms with E-state index in [9.17, 15) is 9.18 Å². The Kier molecular flexibility index (Phi) is 6.99. The first-order chi connectivity index (χ1) is 17.6. The predicted octanol–water partition coefficient (Wildman–Crippen LogP) is 5.17. The maximum atomic E-state index is 12.7. The fourth-order valence-electron chi connectivity index (χ4n) is 3.59. The molecule has 36 heavy (non-hydrogen) atoms. The summed E-state index contributed by atoms with van der Waals surface area (Å²) in [6.45, 7) is 2.87. The van der Waals surface area contributed by atoms with Crippen LogP contribution in [0.2, 0.25) is 0 Å². The number of para-hydroxylation sites is 1. The van der Waals surface area contributed by atoms with Crippen LogP contribution in [0, 0.1) is 6.92 Å². The van der Waals surface area contributed by atoms with E-state index in [2.05, 4.69) is 30.7 Å². The number of carbonyl (C=O) groups is 1. The number of rotatable bonds is 9. The topological polar surface area (TPSA) is 108 Å². The zero-order valence-electron chi connectivity index (χ0n) is 19.5. The highest BCUT2D eigenvalue weighted by molar-refractivity contribution is 7.99. The van der Waals surface area contributed by atoms with Gasteiger partial charge in [0.05, 0.1) is 5.56 Å². The van der Waals surface area contributed by atoms with E-state index in [0.717, 1.165) is 35.9 Å². The number of H-pyrrole nitrogens is 1. The van der Waals surface area contributed by atoms with Crippen molar-refractivity contribution in [2.45, 2.75) is 23.4 Å². The second kappa shape index (κ2) is 10.6. The Morgan fingerprint density at radius 2 is 1.92 bits per heavy atom. The summed E-state index contributed by atoms with van der Waals surface area (Å²) < 4.78 is 17.5. The summed E-state index contributed by atoms with van der Waals surface area (Å²) in [5, 5.41) is 13.8. The van der Waals surface area contributed by atoms with Crippen LogP contribution in [0.4, 0.5) is 27.5 Å². The van der Waals surface area contributed by atoms with E-state index in [4.69, 9.17) is 9.72 Å². The van der Waals surface area contributed by atoms with Gasteiger partial charge in [0.2, 0.25) is 6.86 Å². The van der Waals surface area contributed by atoms with Gasteiger partial charge in [0.15, 0.2) is 11.0 Å². The number of halogens is 1. The fourth-order valence-corrected chi connectivity index (χ4v) is 4.36. The summed E-state index contributed by atoms with van der Waals surface area (Å²) in [5.74, 6) is 2.04. The molecular formula is C25H24FN7O2S. The molecule has 4 aromatic rings. The van der Waals surface area contributed by atoms with Gasteiger partial charge in [0.25, 0.3) is 5.91 Å². The number of nitrogens with zero attached hydrogens (tertiary/aromatic N) is 4. The molecule has 9 nitrogen and oxygen atoms in total. The van der Waals surface area contributed by atoms with E-state index in [-0.39, 0.29) is 17.2 Å². The maximum Gasteiger partial charge on any atom is 0.259 e. The molecule has 1 amide bonds. The van der Waals surface area contributed by atoms with Gasteiger partial charge in [-0.3, -0.25) is 9.89 Å². The minimum atomic E-state index is -1.00. The van der Waals surface area contributed by atoms with Crippen LogP contribution in [0.15, 0.2) is 70.7 Å². The largest absolute Gasteiger partial charge is 0.462 e. The summed E-state index contributed by atoms with van der Waals surface area (Å²) >= 11 is 1.43. The van der Waals surface area contributed by atoms with Crippen LogP contribution in [0.1, 0.15) is 22.5 Å². The van der Waals surface area contributed by atoms with E-state index in [1.165, 1.54) is 11.8 Å². The third-order valence-corrected chi connectivity index (χ3v) is 6.37. The molecule has 2 aromatic heterocycles. The van der Waals surface area contributed by atoms with Crippen LogP contribution in [0.3, 0.4) is 0 Å². The van der Waals surface area contributed by atoms with Crippen molar-refractivity contribution >= 4 is 40.8 Å². The summed E-state index contributed by atoms with van der Waals surface area (Å²) in [7, 11) is 0. The number of hydrogen-bond acceptors (Lipinski definition) is 8. The van der Waals surface area contributed by atoms with Crippen molar-refractivity contribution in [2.75, 3.05) is 35.5 Å². The number of aryl methyl sites for hydroxylation is 1. The molecule has 0 spiro atoms. The van der Waals surface area contributed by atoms with Crippen molar-refractivity contribution in [1.29, 1.82) is 0 Å². The summed E-state index contributed by atoms with van der Waals surface area (Å²) in [6, 6.07) is 17.7. The van der Waals surface area contributed by atoms with Crippen molar-refractivity contribution in [3.8, 4) is 5.75 Å². The molecule has 1 aliphatic rings. The number of carbonyl (C=O) groups excluding carboxylic acids is 1. The van der Waals surface area contributed by atoms with Crippen LogP contribution in [-0.2, 0) is 0 Å². The first-order valence-electron chi connectivity index (χ1n) is 11.4. The van der Waals surface area contributed by atoms with Gasteiger partial charge in [-0.25, -0.2) is 14.4 Å². The lowest BCUT2D eigenvalue weighted by Gasteiger charge is -2.32. The second-order valence-electron chi connectivity index (χ2n) is 8.13. The van der Waals surface area contributed by atoms with E-state index in [1.807, 2.05) is 31.2 Å². The zero-order valence-corrected chi connectivity index (χ0v) is 20.3. The van der Waals surface area contributed by atoms with Gasteiger partial charge in [-0.1, -0.05) is 12.1 Å². The molecule has 3 N–H and O–H groups in total. The van der Waals surface area contributed by atoms with Gasteiger partial charge in [-0.2, -0.15) is 5.10 Å². The number of aromatic nitrogens is 4. The van der Waals surface area contributed by atoms with E-state index >= 15 is 0 Å². The van der Waals surface area contributed by atoms with Gasteiger partial charge in [0.1, 0.15) is 17.4 Å². The number of anilines is 4. The van der Waals surface area contributed by atoms with Crippen molar-refractivity contribution in [3.63, 3.8) is 0 Å². The third kappa shape index (κ3) is 5.57. The summed E-state index contributed by atoms with van der Waals surface area (Å²) in [4.78, 5) is 25.2. The fraction of sp³-hybridized carbons (Fsp3) is 0.200. The average molecular weight is 506 g/mol. The average Bonchev–Trinajstić information content (AvgIpc) is 3.24. The lowest BCUT2D eigenvalue weighted by Crippen LogP contribution is -2.37. The minimum Gasteiger partial charge on any atom is -0.462 e. The standard InChI is InChI=1S/C25H24FN7O2S/c1-16-13-22(32-31-16)28-21-14-23(33-11-4-12-33)30-25(29-21)36-18-9-7-17(8-10-18)27-24(34)19-5-2-3-6-20(19)35-15-26/h2-3,5-10,13-14H,4,11-12,15H2,1H3,(H,27,34)(H2,28,29,30,31,32). The normalized spacial score (nSPS) is 12.7. The van der Waals surface area contributed by atoms with Gasteiger partial charge < -0.3 is 20.3 Å². The van der Waals surface area contributed by atoms with E-state index in [1.54, 1.807) is 36.4 Å². The van der Waals surface area contributed by atoms with Gasteiger partial charge in [-0.15, -0.1) is 0 Å². The Balaban J connectivity index is 1.30. The monoisotopic (exact) mass is 505 g/mol. The number of aromatic amines is 1. The number of nitrogens with one attached hydrogen (secondary N) is 3. The van der Waals surface area contributed by atoms with Crippen molar-refractivity contribution in [2.24, 2.45) is 0 Å². The summed E-state index contributed by atoms with van der Waals surface area (Å²) in [6.07, 6.45) is 1.14. The molecule has 11 heteroatoms. The van der Waals surface area contributed by atoms with Crippen molar-refractivity contribution in [3.05, 3.63) is 71.9 Å². The highest BCUT2D eigenvalue weighted by atomic mass is 32.2. The molecule has 1 saturated heterocycles. The SMILES string of the molecule is Cc1cc(Nc2cc(N3CCC3)nc(Sc3ccc(NC(=O)c4ccccc4OCF)cc3)n2)n[nH]1. The van der Waals surface area contributed by atoms with Crippen LogP contribution in [0.25, 0.3) is 0 Å². The van der Waals surface area contributed by atoms with Gasteiger partial charge in [-0.05, 0) is 61.5 Å². The van der Waals surface area contributed by atoms with Crippen LogP contribution < -0.4 is 20.3 Å². The number of amides is 1. The minimum absolute atomic E-state index is 0.193. The molecule has 1 fully saturated rings. The number of hydrogen-bond donors (Lipinski definition) is 3. The molecule has 0 unspecified atom stereocenters. The lowest BCUT2D eigenvalue weighted by molar-refractivity contribution is 0.101. The van der Waals surface area contributed by atoms with E-state index < -0.39 is 6.86 Å². The molecule has 184 valence electrons. The smallest absolute Gasteiger partial charge is 0.259 e. The molecule has 0 atom stereocenters. The molecule has 2 aromatic carbocycles. The number of ether oxygens (including phenoxy) is 1. The maximum absolute atomic E-state index is 12.7. The zero-order chi connectivity index (χ0) is 24.9. The van der Waals surface area contributed by atoms with Crippen molar-refractivity contribution in [1.82, 2.24) is 20.2 Å². The lowest BCUT2D eigenvalue weighted by atomic mass is 10.2. The molecule has 0 saturated carbocycles. The number of benzene rings is 2. The third-order valence-electron chi connectivity index (χ3n) is 5.50. The summed E-state index contributed by atoms with van der Waals surface area (Å²) in [5.41, 5.74) is 1.82. The van der Waals surface area contributed by atoms with Crippen LogP contribution >= 0.6 is 11.8 Å². The second-order valence-corrected chi connectivity index (χ2v) is 9.17. The molecule has 0 bridgehead atoms. The Morgan fingerprint density at radius 1 is 1.11 bits per heavy atom. The highest BCUT2D eigenvalue weighted by Gasteiger charge is 2.19. The Labute approximate surface area is 211 Å². The van der Waals surface area contributed by atoms with E-state index in [0.29, 0.717) is 22.5 Å². The van der Waals surface area contributed by atoms with Crippen LogP contribution in [0.5, 0.6) is 5.75 Å². The Hall–Kier alpha value is -4.12. The van der Waals surface area contributed by atoms with Crippen LogP contribution in [-0.4, -0.2) is 46.0 Å². The number of alkyl halides is 1. The quantitative estimate of drug-likeness (QED) is 0.267. The van der Waals surface area contributed by atoms with Gasteiger partial charge >= 0.3 is 0 Å². The molecule has 1 aliphatic heterocycles. The van der Waals surface area contributed by atoms with Gasteiger partial charge in [0, 0.05) is 41.5 Å². The predicted molar refractivity (Wildman–Crippen MR) is 137 cm³/mol. The first kappa shape index (κ1) is 23.6. The Bertz CT molecular complexity index is 1360. The van der Waals surface area contributed by atoms with Crippen molar-refractivity contribution < 1.29 is 13.9 Å².